The molecule has 172 valence electrons. The van der Waals surface area contributed by atoms with E-state index in [2.05, 4.69) is 14.5 Å². The minimum atomic E-state index is -3.86. The topological polar surface area (TPSA) is 89.9 Å². The van der Waals surface area contributed by atoms with Gasteiger partial charge in [-0.15, -0.1) is 0 Å². The van der Waals surface area contributed by atoms with E-state index in [0.717, 1.165) is 51.3 Å². The highest BCUT2D eigenvalue weighted by molar-refractivity contribution is 7.92. The lowest BCUT2D eigenvalue weighted by molar-refractivity contribution is 0.0697. The van der Waals surface area contributed by atoms with Gasteiger partial charge in [-0.3, -0.25) is 4.72 Å². The van der Waals surface area contributed by atoms with E-state index in [1.165, 1.54) is 18.9 Å². The summed E-state index contributed by atoms with van der Waals surface area (Å²) in [6, 6.07) is 11.5. The number of nitrogens with one attached hydrogen (secondary N) is 1. The van der Waals surface area contributed by atoms with Crippen LogP contribution in [0.3, 0.4) is 0 Å². The number of carboxylic acid groups (broad SMARTS) is 1. The van der Waals surface area contributed by atoms with Crippen LogP contribution in [0.15, 0.2) is 47.4 Å². The minimum Gasteiger partial charge on any atom is -0.478 e. The summed E-state index contributed by atoms with van der Waals surface area (Å²) in [4.78, 5) is 16.5. The zero-order chi connectivity index (χ0) is 22.7. The fourth-order valence-corrected chi connectivity index (χ4v) is 6.16. The van der Waals surface area contributed by atoms with Gasteiger partial charge in [0.2, 0.25) is 0 Å². The standard InChI is InChI=1S/C24H31N3O4S/c1-18-7-2-3-9-23(18)32(30,31)25-21-15-20(24(28)29)10-11-22(21)27-14-6-8-19(17-27)16-26-12-4-5-13-26/h2-3,7,9-11,15,19,25H,4-6,8,12-14,16-17H2,1H3,(H,28,29). The zero-order valence-corrected chi connectivity index (χ0v) is 19.3. The van der Waals surface area contributed by atoms with Gasteiger partial charge in [-0.1, -0.05) is 18.2 Å². The van der Waals surface area contributed by atoms with Gasteiger partial charge in [0.05, 0.1) is 21.8 Å². The molecular formula is C24H31N3O4S. The molecule has 0 saturated carbocycles. The fourth-order valence-electron chi connectivity index (χ4n) is 4.85. The van der Waals surface area contributed by atoms with E-state index in [0.29, 0.717) is 17.2 Å². The molecule has 2 heterocycles. The first-order chi connectivity index (χ1) is 15.3. The largest absolute Gasteiger partial charge is 0.478 e. The van der Waals surface area contributed by atoms with Crippen molar-refractivity contribution >= 4 is 27.4 Å². The predicted octanol–water partition coefficient (Wildman–Crippen LogP) is 3.81. The van der Waals surface area contributed by atoms with Crippen LogP contribution in [-0.4, -0.2) is 57.1 Å². The summed E-state index contributed by atoms with van der Waals surface area (Å²) in [7, 11) is -3.86. The predicted molar refractivity (Wildman–Crippen MR) is 126 cm³/mol. The Bertz CT molecular complexity index is 1080. The van der Waals surface area contributed by atoms with Crippen molar-refractivity contribution in [3.05, 3.63) is 53.6 Å². The number of carboxylic acids is 1. The summed E-state index contributed by atoms with van der Waals surface area (Å²) in [5.74, 6) is -0.569. The van der Waals surface area contributed by atoms with Crippen LogP contribution < -0.4 is 9.62 Å². The molecule has 0 aliphatic carbocycles. The van der Waals surface area contributed by atoms with Gasteiger partial charge in [0.25, 0.3) is 10.0 Å². The smallest absolute Gasteiger partial charge is 0.335 e. The van der Waals surface area contributed by atoms with Gasteiger partial charge < -0.3 is 14.9 Å². The van der Waals surface area contributed by atoms with Crippen LogP contribution in [0.5, 0.6) is 0 Å². The summed E-state index contributed by atoms with van der Waals surface area (Å²) in [6.07, 6.45) is 4.71. The maximum absolute atomic E-state index is 13.1. The molecule has 2 aromatic carbocycles. The molecule has 0 spiro atoms. The fraction of sp³-hybridized carbons (Fsp3) is 0.458. The molecule has 1 atom stereocenters. The second-order valence-electron chi connectivity index (χ2n) is 8.87. The van der Waals surface area contributed by atoms with Crippen molar-refractivity contribution < 1.29 is 18.3 Å². The second-order valence-corrected chi connectivity index (χ2v) is 10.5. The maximum atomic E-state index is 13.1. The van der Waals surface area contributed by atoms with Crippen molar-refractivity contribution in [1.29, 1.82) is 0 Å². The number of rotatable bonds is 7. The number of carbonyl (C=O) groups is 1. The molecule has 1 unspecified atom stereocenters. The average Bonchev–Trinajstić information content (AvgIpc) is 3.27. The van der Waals surface area contributed by atoms with Crippen molar-refractivity contribution in [2.75, 3.05) is 42.3 Å². The van der Waals surface area contributed by atoms with E-state index in [9.17, 15) is 18.3 Å². The lowest BCUT2D eigenvalue weighted by Crippen LogP contribution is -2.40. The highest BCUT2D eigenvalue weighted by Crippen LogP contribution is 2.33. The monoisotopic (exact) mass is 457 g/mol. The molecule has 7 nitrogen and oxygen atoms in total. The van der Waals surface area contributed by atoms with Crippen molar-refractivity contribution in [2.45, 2.75) is 37.5 Å². The highest BCUT2D eigenvalue weighted by atomic mass is 32.2. The number of likely N-dealkylation sites (tertiary alicyclic amines) is 1. The van der Waals surface area contributed by atoms with Crippen LogP contribution in [0.25, 0.3) is 0 Å². The first-order valence-electron chi connectivity index (χ1n) is 11.3. The third kappa shape index (κ3) is 5.07. The van der Waals surface area contributed by atoms with Crippen molar-refractivity contribution in [3.63, 3.8) is 0 Å². The summed E-state index contributed by atoms with van der Waals surface area (Å²) in [6.45, 7) is 6.78. The Balaban J connectivity index is 1.62. The molecule has 2 saturated heterocycles. The molecule has 2 aliphatic heterocycles. The highest BCUT2D eigenvalue weighted by Gasteiger charge is 2.27. The molecule has 2 N–H and O–H groups in total. The molecular weight excluding hydrogens is 426 g/mol. The second kappa shape index (κ2) is 9.50. The van der Waals surface area contributed by atoms with E-state index in [1.54, 1.807) is 43.3 Å². The molecule has 32 heavy (non-hydrogen) atoms. The Morgan fingerprint density at radius 1 is 1.09 bits per heavy atom. The third-order valence-electron chi connectivity index (χ3n) is 6.45. The van der Waals surface area contributed by atoms with Crippen molar-refractivity contribution in [3.8, 4) is 0 Å². The van der Waals surface area contributed by atoms with Crippen molar-refractivity contribution in [2.24, 2.45) is 5.92 Å². The molecule has 0 aromatic heterocycles. The zero-order valence-electron chi connectivity index (χ0n) is 18.5. The SMILES string of the molecule is Cc1ccccc1S(=O)(=O)Nc1cc(C(=O)O)ccc1N1CCCC(CN2CCCC2)C1. The number of aryl methyl sites for hydroxylation is 1. The van der Waals surface area contributed by atoms with Gasteiger partial charge in [0.1, 0.15) is 0 Å². The summed E-state index contributed by atoms with van der Waals surface area (Å²) >= 11 is 0. The Morgan fingerprint density at radius 3 is 2.56 bits per heavy atom. The van der Waals surface area contributed by atoms with Gasteiger partial charge >= 0.3 is 5.97 Å². The first kappa shape index (κ1) is 22.6. The van der Waals surface area contributed by atoms with Crippen LogP contribution in [-0.2, 0) is 10.0 Å². The number of piperidine rings is 1. The van der Waals surface area contributed by atoms with Crippen LogP contribution in [0.1, 0.15) is 41.6 Å². The molecule has 2 aliphatic rings. The number of hydrogen-bond donors (Lipinski definition) is 2. The van der Waals surface area contributed by atoms with Crippen LogP contribution >= 0.6 is 0 Å². The third-order valence-corrected chi connectivity index (χ3v) is 7.97. The average molecular weight is 458 g/mol. The van der Waals surface area contributed by atoms with E-state index in [-0.39, 0.29) is 10.5 Å². The Morgan fingerprint density at radius 2 is 1.84 bits per heavy atom. The summed E-state index contributed by atoms with van der Waals surface area (Å²) in [5.41, 5.74) is 1.75. The van der Waals surface area contributed by atoms with E-state index in [4.69, 9.17) is 0 Å². The number of hydrogen-bond acceptors (Lipinski definition) is 5. The quantitative estimate of drug-likeness (QED) is 0.657. The van der Waals surface area contributed by atoms with E-state index >= 15 is 0 Å². The molecule has 0 radical (unpaired) electrons. The Kier molecular flexibility index (Phi) is 6.71. The Hall–Kier alpha value is -2.58. The molecule has 0 amide bonds. The molecule has 0 bridgehead atoms. The van der Waals surface area contributed by atoms with E-state index in [1.807, 2.05) is 0 Å². The van der Waals surface area contributed by atoms with Gasteiger partial charge in [-0.05, 0) is 81.4 Å². The lowest BCUT2D eigenvalue weighted by atomic mass is 9.96. The van der Waals surface area contributed by atoms with Crippen LogP contribution in [0.2, 0.25) is 0 Å². The molecule has 4 rings (SSSR count). The number of sulfonamides is 1. The maximum Gasteiger partial charge on any atom is 0.335 e. The van der Waals surface area contributed by atoms with Gasteiger partial charge in [-0.25, -0.2) is 13.2 Å². The lowest BCUT2D eigenvalue weighted by Gasteiger charge is -2.37. The summed E-state index contributed by atoms with van der Waals surface area (Å²) in [5, 5.41) is 9.48. The number of anilines is 2. The van der Waals surface area contributed by atoms with E-state index < -0.39 is 16.0 Å². The molecule has 2 aromatic rings. The number of aromatic carboxylic acids is 1. The number of nitrogens with zero attached hydrogens (tertiary/aromatic N) is 2. The minimum absolute atomic E-state index is 0.0573. The molecule has 2 fully saturated rings. The summed E-state index contributed by atoms with van der Waals surface area (Å²) < 4.78 is 29.0. The van der Waals surface area contributed by atoms with Gasteiger partial charge in [-0.2, -0.15) is 0 Å². The normalized spacial score (nSPS) is 19.8. The van der Waals surface area contributed by atoms with Gasteiger partial charge in [0.15, 0.2) is 0 Å². The van der Waals surface area contributed by atoms with Crippen molar-refractivity contribution in [1.82, 2.24) is 4.90 Å². The molecule has 8 heteroatoms. The number of benzene rings is 2. The first-order valence-corrected chi connectivity index (χ1v) is 12.7. The Labute approximate surface area is 190 Å². The van der Waals surface area contributed by atoms with Crippen LogP contribution in [0, 0.1) is 12.8 Å². The van der Waals surface area contributed by atoms with Crippen LogP contribution in [0.4, 0.5) is 11.4 Å². The van der Waals surface area contributed by atoms with Gasteiger partial charge in [0, 0.05) is 19.6 Å².